The molecule has 0 bridgehead atoms. The molecule has 0 fully saturated rings. The predicted molar refractivity (Wildman–Crippen MR) is 79.9 cm³/mol. The van der Waals surface area contributed by atoms with Crippen LogP contribution >= 0.6 is 11.3 Å². The van der Waals surface area contributed by atoms with E-state index in [4.69, 9.17) is 4.74 Å². The minimum Gasteiger partial charge on any atom is -0.427 e. The fourth-order valence-corrected chi connectivity index (χ4v) is 2.74. The smallest absolute Gasteiger partial charge is 0.308 e. The lowest BCUT2D eigenvalue weighted by Crippen LogP contribution is -2.25. The van der Waals surface area contributed by atoms with Crippen molar-refractivity contribution >= 4 is 28.3 Å². The second-order valence-electron chi connectivity index (χ2n) is 4.37. The maximum Gasteiger partial charge on any atom is 0.308 e. The third-order valence-electron chi connectivity index (χ3n) is 2.71. The Kier molecular flexibility index (Phi) is 3.51. The molecule has 0 aliphatic carbocycles. The summed E-state index contributed by atoms with van der Waals surface area (Å²) in [5, 5.41) is 3.75. The molecule has 7 nitrogen and oxygen atoms in total. The normalized spacial score (nSPS) is 11.8. The Morgan fingerprint density at radius 2 is 2.00 bits per heavy atom. The lowest BCUT2D eigenvalue weighted by molar-refractivity contribution is -0.131. The molecule has 2 aromatic heterocycles. The summed E-state index contributed by atoms with van der Waals surface area (Å²) in [6.07, 6.45) is 2.66. The van der Waals surface area contributed by atoms with Crippen LogP contribution in [-0.4, -0.2) is 20.6 Å². The van der Waals surface area contributed by atoms with E-state index in [1.165, 1.54) is 6.92 Å². The van der Waals surface area contributed by atoms with E-state index >= 15 is 0 Å². The van der Waals surface area contributed by atoms with E-state index in [0.29, 0.717) is 10.3 Å². The van der Waals surface area contributed by atoms with Gasteiger partial charge in [0.1, 0.15) is 11.9 Å². The number of thiazole rings is 1. The first-order valence-corrected chi connectivity index (χ1v) is 7.04. The van der Waals surface area contributed by atoms with E-state index < -0.39 is 11.5 Å². The number of rotatable bonds is 2. The predicted octanol–water partition coefficient (Wildman–Crippen LogP) is -0.0158. The fourth-order valence-electron chi connectivity index (χ4n) is 1.82. The lowest BCUT2D eigenvalue weighted by atomic mass is 10.2. The zero-order valence-electron chi connectivity index (χ0n) is 11.3. The fraction of sp³-hybridized carbons (Fsp3) is 0.0714. The molecule has 0 saturated heterocycles. The largest absolute Gasteiger partial charge is 0.427 e. The van der Waals surface area contributed by atoms with E-state index in [-0.39, 0.29) is 10.5 Å². The van der Waals surface area contributed by atoms with E-state index in [1.807, 2.05) is 0 Å². The van der Waals surface area contributed by atoms with Crippen LogP contribution in [0.4, 0.5) is 0 Å². The Bertz CT molecular complexity index is 1020. The van der Waals surface area contributed by atoms with Crippen molar-refractivity contribution in [3.63, 3.8) is 0 Å². The third-order valence-corrected chi connectivity index (χ3v) is 3.67. The zero-order chi connectivity index (χ0) is 15.7. The minimum atomic E-state index is -0.487. The number of esters is 1. The van der Waals surface area contributed by atoms with Gasteiger partial charge in [0, 0.05) is 6.92 Å². The van der Waals surface area contributed by atoms with Gasteiger partial charge in [0.25, 0.3) is 11.1 Å². The van der Waals surface area contributed by atoms with E-state index in [9.17, 15) is 14.4 Å². The highest BCUT2D eigenvalue weighted by Gasteiger charge is 2.05. The second-order valence-corrected chi connectivity index (χ2v) is 5.38. The Labute approximate surface area is 127 Å². The molecule has 0 aliphatic rings. The highest BCUT2D eigenvalue weighted by atomic mass is 32.1. The second kappa shape index (κ2) is 5.49. The summed E-state index contributed by atoms with van der Waals surface area (Å²) >= 11 is 1.08. The van der Waals surface area contributed by atoms with Crippen molar-refractivity contribution in [2.24, 2.45) is 0 Å². The van der Waals surface area contributed by atoms with Gasteiger partial charge in [-0.05, 0) is 23.8 Å². The van der Waals surface area contributed by atoms with Gasteiger partial charge in [-0.2, -0.15) is 14.6 Å². The molecule has 0 spiro atoms. The molecular weight excluding hydrogens is 306 g/mol. The molecule has 3 rings (SSSR count). The van der Waals surface area contributed by atoms with Gasteiger partial charge in [-0.15, -0.1) is 0 Å². The number of fused-ring (bicyclic) bond motifs is 1. The monoisotopic (exact) mass is 315 g/mol. The van der Waals surface area contributed by atoms with Crippen molar-refractivity contribution < 1.29 is 9.53 Å². The first-order valence-electron chi connectivity index (χ1n) is 6.22. The molecule has 3 aromatic rings. The molecule has 0 aliphatic heterocycles. The molecule has 0 unspecified atom stereocenters. The van der Waals surface area contributed by atoms with Gasteiger partial charge in [-0.25, -0.2) is 0 Å². The molecule has 110 valence electrons. The van der Waals surface area contributed by atoms with Crippen LogP contribution in [0.5, 0.6) is 5.75 Å². The summed E-state index contributed by atoms with van der Waals surface area (Å²) in [5.41, 5.74) is -0.0717. The van der Waals surface area contributed by atoms with Gasteiger partial charge in [-0.1, -0.05) is 23.5 Å². The quantitative estimate of drug-likeness (QED) is 0.488. The van der Waals surface area contributed by atoms with Crippen LogP contribution in [0.15, 0.2) is 40.1 Å². The SMILES string of the molecule is CC(=O)Oc1ccc(C=c2sc3nc(=O)cnn3c2=O)cc1. The highest BCUT2D eigenvalue weighted by Crippen LogP contribution is 2.12. The topological polar surface area (TPSA) is 90.6 Å². The van der Waals surface area contributed by atoms with Crippen LogP contribution in [0.2, 0.25) is 0 Å². The Hall–Kier alpha value is -2.87. The van der Waals surface area contributed by atoms with Gasteiger partial charge >= 0.3 is 5.97 Å². The van der Waals surface area contributed by atoms with Crippen LogP contribution < -0.4 is 20.4 Å². The molecule has 2 heterocycles. The van der Waals surface area contributed by atoms with Crippen LogP contribution in [0.1, 0.15) is 12.5 Å². The Balaban J connectivity index is 2.05. The highest BCUT2D eigenvalue weighted by molar-refractivity contribution is 7.15. The van der Waals surface area contributed by atoms with E-state index in [1.54, 1.807) is 30.3 Å². The first kappa shape index (κ1) is 14.1. The number of benzene rings is 1. The van der Waals surface area contributed by atoms with Crippen molar-refractivity contribution in [3.05, 3.63) is 61.3 Å². The molecular formula is C14H9N3O4S. The van der Waals surface area contributed by atoms with Crippen LogP contribution in [-0.2, 0) is 4.79 Å². The van der Waals surface area contributed by atoms with Crippen molar-refractivity contribution in [1.82, 2.24) is 14.6 Å². The van der Waals surface area contributed by atoms with Gasteiger partial charge < -0.3 is 4.74 Å². The van der Waals surface area contributed by atoms with E-state index in [2.05, 4.69) is 10.1 Å². The number of carbonyl (C=O) groups is 1. The summed E-state index contributed by atoms with van der Waals surface area (Å²) in [5.74, 6) is 0.0297. The molecule has 0 radical (unpaired) electrons. The van der Waals surface area contributed by atoms with Gasteiger partial charge in [0.15, 0.2) is 0 Å². The molecule has 0 N–H and O–H groups in total. The van der Waals surface area contributed by atoms with Gasteiger partial charge in [0.05, 0.1) is 4.53 Å². The molecule has 8 heteroatoms. The van der Waals surface area contributed by atoms with Gasteiger partial charge in [0.2, 0.25) is 4.96 Å². The van der Waals surface area contributed by atoms with Crippen molar-refractivity contribution in [2.45, 2.75) is 6.92 Å². The van der Waals surface area contributed by atoms with Crippen molar-refractivity contribution in [3.8, 4) is 5.75 Å². The van der Waals surface area contributed by atoms with Crippen LogP contribution in [0.3, 0.4) is 0 Å². The Morgan fingerprint density at radius 1 is 1.27 bits per heavy atom. The summed E-state index contributed by atoms with van der Waals surface area (Å²) < 4.78 is 6.43. The molecule has 0 atom stereocenters. The first-order chi connectivity index (χ1) is 10.5. The zero-order valence-corrected chi connectivity index (χ0v) is 12.2. The number of hydrogen-bond acceptors (Lipinski definition) is 7. The average Bonchev–Trinajstić information content (AvgIpc) is 2.76. The lowest BCUT2D eigenvalue weighted by Gasteiger charge is -2.00. The molecule has 0 amide bonds. The standard InChI is InChI=1S/C14H9N3O4S/c1-8(18)21-10-4-2-9(3-5-10)6-11-13(20)17-14(22-11)16-12(19)7-15-17/h2-7H,1H3. The molecule has 0 saturated carbocycles. The maximum absolute atomic E-state index is 12.1. The molecule has 1 aromatic carbocycles. The number of hydrogen-bond donors (Lipinski definition) is 0. The number of aromatic nitrogens is 3. The van der Waals surface area contributed by atoms with Crippen molar-refractivity contribution in [2.75, 3.05) is 0 Å². The van der Waals surface area contributed by atoms with Crippen LogP contribution in [0, 0.1) is 0 Å². The summed E-state index contributed by atoms with van der Waals surface area (Å²) in [6, 6.07) is 6.69. The molecule has 22 heavy (non-hydrogen) atoms. The van der Waals surface area contributed by atoms with Crippen molar-refractivity contribution in [1.29, 1.82) is 0 Å². The maximum atomic E-state index is 12.1. The third kappa shape index (κ3) is 2.77. The summed E-state index contributed by atoms with van der Waals surface area (Å²) in [6.45, 7) is 1.32. The van der Waals surface area contributed by atoms with Gasteiger partial charge in [-0.3, -0.25) is 14.4 Å². The summed E-state index contributed by atoms with van der Waals surface area (Å²) in [7, 11) is 0. The number of carbonyl (C=O) groups excluding carboxylic acids is 1. The average molecular weight is 315 g/mol. The number of ether oxygens (including phenoxy) is 1. The van der Waals surface area contributed by atoms with Crippen LogP contribution in [0.25, 0.3) is 11.0 Å². The number of nitrogens with zero attached hydrogens (tertiary/aromatic N) is 3. The summed E-state index contributed by atoms with van der Waals surface area (Å²) in [4.78, 5) is 38.1. The minimum absolute atomic E-state index is 0.250. The van der Waals surface area contributed by atoms with E-state index in [0.717, 1.165) is 27.6 Å². The Morgan fingerprint density at radius 3 is 2.68 bits per heavy atom.